The van der Waals surface area contributed by atoms with E-state index in [2.05, 4.69) is 26.7 Å². The van der Waals surface area contributed by atoms with E-state index < -0.39 is 4.92 Å². The molecule has 2 rings (SSSR count). The van der Waals surface area contributed by atoms with E-state index in [1.807, 2.05) is 25.1 Å². The molecule has 0 heterocycles. The van der Waals surface area contributed by atoms with Gasteiger partial charge >= 0.3 is 5.69 Å². The molecule has 0 aliphatic carbocycles. The summed E-state index contributed by atoms with van der Waals surface area (Å²) in [6.45, 7) is 1.95. The van der Waals surface area contributed by atoms with Gasteiger partial charge in [0.25, 0.3) is 0 Å². The minimum Gasteiger partial charge on any atom is -0.349 e. The normalized spacial score (nSPS) is 10.2. The number of nitrogens with zero attached hydrogens (tertiary/aromatic N) is 1. The zero-order valence-electron chi connectivity index (χ0n) is 10.7. The van der Waals surface area contributed by atoms with Gasteiger partial charge in [-0.1, -0.05) is 12.1 Å². The van der Waals surface area contributed by atoms with E-state index in [0.29, 0.717) is 5.69 Å². The summed E-state index contributed by atoms with van der Waals surface area (Å²) < 4.78 is 0.823. The second-order valence-corrected chi connectivity index (χ2v) is 5.07. The number of para-hydroxylation sites is 1. The van der Waals surface area contributed by atoms with Crippen molar-refractivity contribution in [2.45, 2.75) is 6.92 Å². The van der Waals surface area contributed by atoms with Gasteiger partial charge in [-0.25, -0.2) is 0 Å². The van der Waals surface area contributed by atoms with E-state index in [-0.39, 0.29) is 11.4 Å². The lowest BCUT2D eigenvalue weighted by atomic mass is 10.2. The van der Waals surface area contributed by atoms with E-state index in [9.17, 15) is 10.1 Å². The minimum absolute atomic E-state index is 0.0941. The van der Waals surface area contributed by atoms with Crippen molar-refractivity contribution in [2.24, 2.45) is 5.84 Å². The number of halogens is 1. The molecule has 4 N–H and O–H groups in total. The number of hydrogen-bond donors (Lipinski definition) is 3. The van der Waals surface area contributed by atoms with Crippen molar-refractivity contribution in [3.63, 3.8) is 0 Å². The lowest BCUT2D eigenvalue weighted by Crippen LogP contribution is -2.10. The first kappa shape index (κ1) is 14.3. The number of aryl methyl sites for hydroxylation is 1. The van der Waals surface area contributed by atoms with Gasteiger partial charge < -0.3 is 10.7 Å². The lowest BCUT2D eigenvalue weighted by molar-refractivity contribution is -0.383. The number of benzene rings is 2. The van der Waals surface area contributed by atoms with Crippen LogP contribution in [0.1, 0.15) is 5.56 Å². The second-order valence-electron chi connectivity index (χ2n) is 4.21. The highest BCUT2D eigenvalue weighted by Gasteiger charge is 2.19. The highest BCUT2D eigenvalue weighted by molar-refractivity contribution is 9.10. The largest absolute Gasteiger partial charge is 0.349 e. The van der Waals surface area contributed by atoms with Crippen molar-refractivity contribution in [3.05, 3.63) is 56.5 Å². The summed E-state index contributed by atoms with van der Waals surface area (Å²) in [5.41, 5.74) is 4.67. The van der Waals surface area contributed by atoms with E-state index in [1.165, 1.54) is 0 Å². The van der Waals surface area contributed by atoms with Crippen molar-refractivity contribution in [1.82, 2.24) is 0 Å². The molecule has 0 spiro atoms. The third kappa shape index (κ3) is 2.89. The molecule has 0 aliphatic heterocycles. The van der Waals surface area contributed by atoms with E-state index in [1.54, 1.807) is 18.2 Å². The van der Waals surface area contributed by atoms with Crippen LogP contribution in [0, 0.1) is 17.0 Å². The fourth-order valence-electron chi connectivity index (χ4n) is 1.84. The van der Waals surface area contributed by atoms with Crippen molar-refractivity contribution < 1.29 is 4.92 Å². The first-order valence-electron chi connectivity index (χ1n) is 5.80. The molecule has 0 bridgehead atoms. The van der Waals surface area contributed by atoms with Crippen LogP contribution in [0.4, 0.5) is 22.7 Å². The summed E-state index contributed by atoms with van der Waals surface area (Å²) in [6, 6.07) is 10.6. The van der Waals surface area contributed by atoms with Crippen LogP contribution in [0.5, 0.6) is 0 Å². The number of nitrogens with one attached hydrogen (secondary N) is 2. The average Bonchev–Trinajstić information content (AvgIpc) is 2.42. The van der Waals surface area contributed by atoms with Crippen molar-refractivity contribution >= 4 is 38.7 Å². The number of rotatable bonds is 4. The zero-order valence-corrected chi connectivity index (χ0v) is 12.3. The molecular formula is C13H13BrN4O2. The Hall–Kier alpha value is -2.12. The fourth-order valence-corrected chi connectivity index (χ4v) is 2.18. The molecule has 0 amide bonds. The van der Waals surface area contributed by atoms with E-state index >= 15 is 0 Å². The predicted octanol–water partition coefficient (Wildman–Crippen LogP) is 3.69. The molecule has 2 aromatic carbocycles. The molecule has 104 valence electrons. The topological polar surface area (TPSA) is 93.2 Å². The Morgan fingerprint density at radius 3 is 2.55 bits per heavy atom. The SMILES string of the molecule is Cc1ccc(Br)c(Nc2cccc(NN)c2[N+](=O)[O-])c1. The highest BCUT2D eigenvalue weighted by Crippen LogP contribution is 2.36. The number of nitro benzene ring substituents is 1. The number of hydrogen-bond acceptors (Lipinski definition) is 5. The number of nitro groups is 1. The monoisotopic (exact) mass is 336 g/mol. The molecule has 20 heavy (non-hydrogen) atoms. The van der Waals surface area contributed by atoms with Gasteiger partial charge in [-0.15, -0.1) is 0 Å². The van der Waals surface area contributed by atoms with Crippen LogP contribution in [-0.4, -0.2) is 4.92 Å². The van der Waals surface area contributed by atoms with Crippen LogP contribution in [-0.2, 0) is 0 Å². The van der Waals surface area contributed by atoms with Gasteiger partial charge in [0.05, 0.1) is 10.6 Å². The summed E-state index contributed by atoms with van der Waals surface area (Å²) in [5, 5.41) is 14.3. The van der Waals surface area contributed by atoms with Crippen LogP contribution >= 0.6 is 15.9 Å². The quantitative estimate of drug-likeness (QED) is 0.449. The van der Waals surface area contributed by atoms with Gasteiger partial charge in [0.15, 0.2) is 0 Å². The first-order chi connectivity index (χ1) is 9.52. The van der Waals surface area contributed by atoms with Crippen LogP contribution in [0.2, 0.25) is 0 Å². The number of nitrogens with two attached hydrogens (primary N) is 1. The Morgan fingerprint density at radius 1 is 1.20 bits per heavy atom. The van der Waals surface area contributed by atoms with Crippen LogP contribution < -0.4 is 16.6 Å². The Kier molecular flexibility index (Phi) is 4.21. The molecule has 0 unspecified atom stereocenters. The summed E-state index contributed by atoms with van der Waals surface area (Å²) in [4.78, 5) is 10.7. The van der Waals surface area contributed by atoms with Crippen LogP contribution in [0.3, 0.4) is 0 Å². The van der Waals surface area contributed by atoms with Gasteiger partial charge in [0.1, 0.15) is 11.4 Å². The van der Waals surface area contributed by atoms with Gasteiger partial charge in [0, 0.05) is 4.47 Å². The Labute approximate surface area is 124 Å². The number of hydrazine groups is 1. The Balaban J connectivity index is 2.48. The third-order valence-corrected chi connectivity index (χ3v) is 3.46. The smallest absolute Gasteiger partial charge is 0.316 e. The summed E-state index contributed by atoms with van der Waals surface area (Å²) in [5.74, 6) is 5.31. The summed E-state index contributed by atoms with van der Waals surface area (Å²) in [6.07, 6.45) is 0. The molecule has 7 heteroatoms. The van der Waals surface area contributed by atoms with Crippen LogP contribution in [0.25, 0.3) is 0 Å². The maximum atomic E-state index is 11.2. The van der Waals surface area contributed by atoms with Gasteiger partial charge in [-0.2, -0.15) is 0 Å². The molecule has 6 nitrogen and oxygen atoms in total. The van der Waals surface area contributed by atoms with E-state index in [4.69, 9.17) is 5.84 Å². The average molecular weight is 337 g/mol. The van der Waals surface area contributed by atoms with Crippen molar-refractivity contribution in [3.8, 4) is 0 Å². The summed E-state index contributed by atoms with van der Waals surface area (Å²) in [7, 11) is 0. The molecule has 0 fully saturated rings. The molecule has 2 aromatic rings. The van der Waals surface area contributed by atoms with Crippen molar-refractivity contribution in [2.75, 3.05) is 10.7 Å². The standard InChI is InChI=1S/C13H13BrN4O2/c1-8-5-6-9(14)12(7-8)16-10-3-2-4-11(17-15)13(10)18(19)20/h2-7,16-17H,15H2,1H3. The molecule has 0 saturated heterocycles. The molecule has 0 aromatic heterocycles. The Morgan fingerprint density at radius 2 is 1.90 bits per heavy atom. The number of nitrogen functional groups attached to an aromatic ring is 1. The highest BCUT2D eigenvalue weighted by atomic mass is 79.9. The fraction of sp³-hybridized carbons (Fsp3) is 0.0769. The first-order valence-corrected chi connectivity index (χ1v) is 6.59. The maximum Gasteiger partial charge on any atom is 0.316 e. The zero-order chi connectivity index (χ0) is 14.7. The molecule has 0 aliphatic rings. The lowest BCUT2D eigenvalue weighted by Gasteiger charge is -2.11. The Bertz CT molecular complexity index is 661. The van der Waals surface area contributed by atoms with E-state index in [0.717, 1.165) is 15.7 Å². The number of anilines is 3. The maximum absolute atomic E-state index is 11.2. The predicted molar refractivity (Wildman–Crippen MR) is 83.1 cm³/mol. The molecule has 0 radical (unpaired) electrons. The minimum atomic E-state index is -0.471. The molecule has 0 atom stereocenters. The molecule has 0 saturated carbocycles. The van der Waals surface area contributed by atoms with Gasteiger partial charge in [-0.05, 0) is 52.7 Å². The van der Waals surface area contributed by atoms with Crippen molar-refractivity contribution in [1.29, 1.82) is 0 Å². The van der Waals surface area contributed by atoms with Gasteiger partial charge in [-0.3, -0.25) is 16.0 Å². The third-order valence-electron chi connectivity index (χ3n) is 2.77. The second kappa shape index (κ2) is 5.89. The molecular weight excluding hydrogens is 324 g/mol. The van der Waals surface area contributed by atoms with Gasteiger partial charge in [0.2, 0.25) is 0 Å². The summed E-state index contributed by atoms with van der Waals surface area (Å²) >= 11 is 3.41. The van der Waals surface area contributed by atoms with Crippen LogP contribution in [0.15, 0.2) is 40.9 Å².